The number of nitrogens with zero attached hydrogens (tertiary/aromatic N) is 1. The third-order valence-corrected chi connectivity index (χ3v) is 4.86. The normalized spacial score (nSPS) is 16.6. The summed E-state index contributed by atoms with van der Waals surface area (Å²) >= 11 is 0. The first-order valence-electron chi connectivity index (χ1n) is 9.01. The molecule has 27 heavy (non-hydrogen) atoms. The summed E-state index contributed by atoms with van der Waals surface area (Å²) in [6.45, 7) is 0.755. The Labute approximate surface area is 160 Å². The van der Waals surface area contributed by atoms with Crippen molar-refractivity contribution in [2.45, 2.75) is 18.9 Å². The van der Waals surface area contributed by atoms with Gasteiger partial charge in [-0.3, -0.25) is 4.79 Å². The second kappa shape index (κ2) is 8.62. The van der Waals surface area contributed by atoms with Crippen LogP contribution >= 0.6 is 0 Å². The first-order valence-corrected chi connectivity index (χ1v) is 9.01. The SMILES string of the molecule is COc1cccc(C2CCCN2C(=O)/C=C/c2ccc(OC)cc2OC)c1. The van der Waals surface area contributed by atoms with Crippen LogP contribution in [0.3, 0.4) is 0 Å². The molecule has 1 heterocycles. The highest BCUT2D eigenvalue weighted by atomic mass is 16.5. The van der Waals surface area contributed by atoms with Crippen LogP contribution in [0, 0.1) is 0 Å². The number of amides is 1. The quantitative estimate of drug-likeness (QED) is 0.722. The molecule has 3 rings (SSSR count). The molecule has 2 aromatic carbocycles. The van der Waals surface area contributed by atoms with E-state index in [9.17, 15) is 4.79 Å². The van der Waals surface area contributed by atoms with E-state index in [1.54, 1.807) is 39.5 Å². The van der Waals surface area contributed by atoms with Crippen molar-refractivity contribution in [3.63, 3.8) is 0 Å². The highest BCUT2D eigenvalue weighted by Gasteiger charge is 2.28. The minimum absolute atomic E-state index is 0.00167. The Morgan fingerprint density at radius 3 is 2.56 bits per heavy atom. The average Bonchev–Trinajstić information content (AvgIpc) is 3.22. The molecule has 142 valence electrons. The van der Waals surface area contributed by atoms with Gasteiger partial charge in [-0.2, -0.15) is 0 Å². The van der Waals surface area contributed by atoms with Gasteiger partial charge in [0.25, 0.3) is 0 Å². The van der Waals surface area contributed by atoms with Crippen LogP contribution in [0.15, 0.2) is 48.5 Å². The van der Waals surface area contributed by atoms with E-state index in [2.05, 4.69) is 6.07 Å². The third-order valence-electron chi connectivity index (χ3n) is 4.86. The summed E-state index contributed by atoms with van der Waals surface area (Å²) in [6.07, 6.45) is 5.36. The van der Waals surface area contributed by atoms with Gasteiger partial charge < -0.3 is 19.1 Å². The van der Waals surface area contributed by atoms with E-state index in [1.165, 1.54) is 0 Å². The minimum atomic E-state index is -0.00167. The van der Waals surface area contributed by atoms with Crippen LogP contribution in [0.1, 0.15) is 30.0 Å². The lowest BCUT2D eigenvalue weighted by molar-refractivity contribution is -0.126. The molecule has 0 aliphatic carbocycles. The van der Waals surface area contributed by atoms with Gasteiger partial charge >= 0.3 is 0 Å². The third kappa shape index (κ3) is 4.25. The molecule has 1 amide bonds. The summed E-state index contributed by atoms with van der Waals surface area (Å²) in [5.41, 5.74) is 1.94. The number of carbonyl (C=O) groups excluding carboxylic acids is 1. The number of methoxy groups -OCH3 is 3. The van der Waals surface area contributed by atoms with Crippen LogP contribution < -0.4 is 14.2 Å². The number of likely N-dealkylation sites (tertiary alicyclic amines) is 1. The Hall–Kier alpha value is -2.95. The molecule has 1 aliphatic rings. The average molecular weight is 367 g/mol. The van der Waals surface area contributed by atoms with Crippen LogP contribution in [0.25, 0.3) is 6.08 Å². The van der Waals surface area contributed by atoms with Crippen molar-refractivity contribution in [1.82, 2.24) is 4.90 Å². The first kappa shape index (κ1) is 18.8. The van der Waals surface area contributed by atoms with E-state index in [0.717, 1.165) is 36.3 Å². The molecular weight excluding hydrogens is 342 g/mol. The first-order chi connectivity index (χ1) is 13.2. The Morgan fingerprint density at radius 2 is 1.81 bits per heavy atom. The fraction of sp³-hybridized carbons (Fsp3) is 0.318. The number of ether oxygens (including phenoxy) is 3. The van der Waals surface area contributed by atoms with Crippen molar-refractivity contribution in [3.8, 4) is 17.2 Å². The Morgan fingerprint density at radius 1 is 1.04 bits per heavy atom. The molecule has 2 aromatic rings. The lowest BCUT2D eigenvalue weighted by Crippen LogP contribution is -2.28. The van der Waals surface area contributed by atoms with E-state index < -0.39 is 0 Å². The molecule has 1 atom stereocenters. The molecule has 0 N–H and O–H groups in total. The predicted octanol–water partition coefficient (Wildman–Crippen LogP) is 4.09. The zero-order valence-corrected chi connectivity index (χ0v) is 16.0. The van der Waals surface area contributed by atoms with E-state index in [-0.39, 0.29) is 11.9 Å². The maximum Gasteiger partial charge on any atom is 0.247 e. The van der Waals surface area contributed by atoms with Crippen LogP contribution in [-0.2, 0) is 4.79 Å². The van der Waals surface area contributed by atoms with Gasteiger partial charge in [-0.05, 0) is 48.7 Å². The van der Waals surface area contributed by atoms with E-state index in [1.807, 2.05) is 35.2 Å². The predicted molar refractivity (Wildman–Crippen MR) is 105 cm³/mol. The molecule has 1 fully saturated rings. The van der Waals surface area contributed by atoms with Gasteiger partial charge in [0.1, 0.15) is 17.2 Å². The molecule has 0 bridgehead atoms. The van der Waals surface area contributed by atoms with E-state index >= 15 is 0 Å². The molecular formula is C22H25NO4. The molecule has 5 heteroatoms. The fourth-order valence-electron chi connectivity index (χ4n) is 3.44. The van der Waals surface area contributed by atoms with Gasteiger partial charge in [0.2, 0.25) is 5.91 Å². The van der Waals surface area contributed by atoms with Crippen molar-refractivity contribution in [2.24, 2.45) is 0 Å². The van der Waals surface area contributed by atoms with Crippen LogP contribution in [-0.4, -0.2) is 38.7 Å². The lowest BCUT2D eigenvalue weighted by Gasteiger charge is -2.24. The molecule has 0 saturated carbocycles. The number of hydrogen-bond acceptors (Lipinski definition) is 4. The van der Waals surface area contributed by atoms with Crippen LogP contribution in [0.4, 0.5) is 0 Å². The van der Waals surface area contributed by atoms with E-state index in [0.29, 0.717) is 11.5 Å². The van der Waals surface area contributed by atoms with Crippen molar-refractivity contribution in [2.75, 3.05) is 27.9 Å². The zero-order valence-electron chi connectivity index (χ0n) is 16.0. The molecule has 0 radical (unpaired) electrons. The number of hydrogen-bond donors (Lipinski definition) is 0. The topological polar surface area (TPSA) is 48.0 Å². The maximum atomic E-state index is 12.8. The standard InChI is InChI=1S/C22H25NO4/c1-25-18-7-4-6-17(14-18)20-8-5-13-23(20)22(24)12-10-16-9-11-19(26-2)15-21(16)27-3/h4,6-7,9-12,14-15,20H,5,8,13H2,1-3H3/b12-10+. The van der Waals surface area contributed by atoms with Gasteiger partial charge in [0.05, 0.1) is 27.4 Å². The number of benzene rings is 2. The van der Waals surface area contributed by atoms with Gasteiger partial charge in [-0.1, -0.05) is 12.1 Å². The molecule has 5 nitrogen and oxygen atoms in total. The van der Waals surface area contributed by atoms with Crippen molar-refractivity contribution < 1.29 is 19.0 Å². The summed E-state index contributed by atoms with van der Waals surface area (Å²) in [7, 11) is 4.87. The largest absolute Gasteiger partial charge is 0.497 e. The molecule has 0 aromatic heterocycles. The maximum absolute atomic E-state index is 12.8. The molecule has 1 aliphatic heterocycles. The summed E-state index contributed by atoms with van der Waals surface area (Å²) in [5.74, 6) is 2.20. The lowest BCUT2D eigenvalue weighted by atomic mass is 10.0. The van der Waals surface area contributed by atoms with Crippen molar-refractivity contribution in [3.05, 3.63) is 59.7 Å². The van der Waals surface area contributed by atoms with E-state index in [4.69, 9.17) is 14.2 Å². The highest BCUT2D eigenvalue weighted by molar-refractivity contribution is 5.92. The minimum Gasteiger partial charge on any atom is -0.497 e. The van der Waals surface area contributed by atoms with Crippen molar-refractivity contribution >= 4 is 12.0 Å². The fourth-order valence-corrected chi connectivity index (χ4v) is 3.44. The van der Waals surface area contributed by atoms with Crippen molar-refractivity contribution in [1.29, 1.82) is 0 Å². The van der Waals surface area contributed by atoms with Gasteiger partial charge in [0, 0.05) is 24.3 Å². The molecule has 1 unspecified atom stereocenters. The van der Waals surface area contributed by atoms with Gasteiger partial charge in [-0.25, -0.2) is 0 Å². The van der Waals surface area contributed by atoms with Crippen LogP contribution in [0.2, 0.25) is 0 Å². The monoisotopic (exact) mass is 367 g/mol. The second-order valence-corrected chi connectivity index (χ2v) is 6.41. The highest BCUT2D eigenvalue weighted by Crippen LogP contribution is 2.34. The summed E-state index contributed by atoms with van der Waals surface area (Å²) in [6, 6.07) is 13.6. The zero-order chi connectivity index (χ0) is 19.2. The Bertz CT molecular complexity index is 831. The molecule has 1 saturated heterocycles. The smallest absolute Gasteiger partial charge is 0.247 e. The Balaban J connectivity index is 1.77. The van der Waals surface area contributed by atoms with Gasteiger partial charge in [0.15, 0.2) is 0 Å². The number of rotatable bonds is 6. The Kier molecular flexibility index (Phi) is 6.01. The van der Waals surface area contributed by atoms with Gasteiger partial charge in [-0.15, -0.1) is 0 Å². The summed E-state index contributed by atoms with van der Waals surface area (Å²) in [4.78, 5) is 14.7. The second-order valence-electron chi connectivity index (χ2n) is 6.41. The number of carbonyl (C=O) groups is 1. The summed E-state index contributed by atoms with van der Waals surface area (Å²) < 4.78 is 15.9. The van der Waals surface area contributed by atoms with Crippen LogP contribution in [0.5, 0.6) is 17.2 Å². The molecule has 0 spiro atoms. The summed E-state index contributed by atoms with van der Waals surface area (Å²) in [5, 5.41) is 0.